The van der Waals surface area contributed by atoms with Gasteiger partial charge in [0.1, 0.15) is 30.5 Å². The highest BCUT2D eigenvalue weighted by Gasteiger charge is 2.25. The molecule has 1 atom stereocenters. The molecule has 0 fully saturated rings. The summed E-state index contributed by atoms with van der Waals surface area (Å²) in [7, 11) is 0. The number of rotatable bonds is 10. The average molecular weight is 457 g/mol. The molecule has 0 saturated carbocycles. The summed E-state index contributed by atoms with van der Waals surface area (Å²) >= 11 is 0. The number of carbonyl (C=O) groups excluding carboxylic acids is 3. The molecule has 0 aliphatic carbocycles. The number of amides is 2. The summed E-state index contributed by atoms with van der Waals surface area (Å²) in [6.45, 7) is 7.25. The summed E-state index contributed by atoms with van der Waals surface area (Å²) in [4.78, 5) is 36.5. The molecule has 8 heteroatoms. The van der Waals surface area contributed by atoms with Gasteiger partial charge in [0.2, 0.25) is 5.91 Å². The molecule has 2 rings (SSSR count). The van der Waals surface area contributed by atoms with Gasteiger partial charge in [0, 0.05) is 6.42 Å². The second kappa shape index (κ2) is 12.5. The molecule has 0 aliphatic rings. The third-order valence-electron chi connectivity index (χ3n) is 4.33. The van der Waals surface area contributed by atoms with E-state index in [1.165, 1.54) is 0 Å². The third-order valence-corrected chi connectivity index (χ3v) is 4.33. The molecule has 0 aliphatic heterocycles. The largest absolute Gasteiger partial charge is 0.489 e. The van der Waals surface area contributed by atoms with Crippen LogP contribution in [0.2, 0.25) is 0 Å². The minimum absolute atomic E-state index is 0.201. The number of hydrogen-bond acceptors (Lipinski definition) is 6. The summed E-state index contributed by atoms with van der Waals surface area (Å²) < 4.78 is 15.9. The van der Waals surface area contributed by atoms with E-state index in [0.717, 1.165) is 11.1 Å². The molecule has 0 saturated heterocycles. The van der Waals surface area contributed by atoms with Gasteiger partial charge in [-0.25, -0.2) is 4.79 Å². The minimum atomic E-state index is -0.939. The number of carbonyl (C=O) groups is 3. The van der Waals surface area contributed by atoms with Crippen LogP contribution in [-0.2, 0) is 32.1 Å². The van der Waals surface area contributed by atoms with Gasteiger partial charge in [-0.3, -0.25) is 9.59 Å². The highest BCUT2D eigenvalue weighted by Crippen LogP contribution is 2.16. The lowest BCUT2D eigenvalue weighted by atomic mass is 10.1. The van der Waals surface area contributed by atoms with E-state index in [0.29, 0.717) is 12.4 Å². The van der Waals surface area contributed by atoms with Crippen LogP contribution in [-0.4, -0.2) is 42.8 Å². The predicted octanol–water partition coefficient (Wildman–Crippen LogP) is 3.38. The van der Waals surface area contributed by atoms with Gasteiger partial charge < -0.3 is 24.8 Å². The molecule has 0 heterocycles. The van der Waals surface area contributed by atoms with E-state index in [-0.39, 0.29) is 19.6 Å². The zero-order chi connectivity index (χ0) is 24.3. The maximum atomic E-state index is 12.7. The van der Waals surface area contributed by atoms with Crippen molar-refractivity contribution in [3.8, 4) is 5.75 Å². The van der Waals surface area contributed by atoms with Crippen LogP contribution in [0.15, 0.2) is 54.6 Å². The lowest BCUT2D eigenvalue weighted by Crippen LogP contribution is -2.50. The zero-order valence-electron chi connectivity index (χ0n) is 19.6. The second-order valence-electron chi connectivity index (χ2n) is 8.34. The van der Waals surface area contributed by atoms with E-state index in [1.807, 2.05) is 42.5 Å². The van der Waals surface area contributed by atoms with Crippen molar-refractivity contribution >= 4 is 18.0 Å². The summed E-state index contributed by atoms with van der Waals surface area (Å²) in [6, 6.07) is 16.1. The van der Waals surface area contributed by atoms with E-state index in [1.54, 1.807) is 39.8 Å². The molecule has 8 nitrogen and oxygen atoms in total. The van der Waals surface area contributed by atoms with Gasteiger partial charge in [-0.15, -0.1) is 0 Å². The zero-order valence-corrected chi connectivity index (χ0v) is 19.6. The maximum Gasteiger partial charge on any atom is 0.408 e. The van der Waals surface area contributed by atoms with Crippen molar-refractivity contribution in [3.05, 3.63) is 65.7 Å². The molecule has 0 unspecified atom stereocenters. The van der Waals surface area contributed by atoms with Crippen molar-refractivity contribution in [1.29, 1.82) is 0 Å². The first kappa shape index (κ1) is 25.7. The number of hydrogen-bond donors (Lipinski definition) is 2. The molecule has 2 amide bonds. The number of ether oxygens (including phenoxy) is 3. The minimum Gasteiger partial charge on any atom is -0.489 e. The summed E-state index contributed by atoms with van der Waals surface area (Å²) in [5, 5.41) is 5.08. The van der Waals surface area contributed by atoms with Gasteiger partial charge in [-0.1, -0.05) is 42.5 Å². The highest BCUT2D eigenvalue weighted by molar-refractivity contribution is 5.88. The molecular weight excluding hydrogens is 424 g/mol. The molecule has 0 aromatic heterocycles. The molecule has 0 radical (unpaired) electrons. The van der Waals surface area contributed by atoms with Crippen molar-refractivity contribution < 1.29 is 28.6 Å². The van der Waals surface area contributed by atoms with Crippen molar-refractivity contribution in [2.24, 2.45) is 0 Å². The topological polar surface area (TPSA) is 103 Å². The molecule has 0 bridgehead atoms. The smallest absolute Gasteiger partial charge is 0.408 e. The fourth-order valence-corrected chi connectivity index (χ4v) is 2.85. The normalized spacial score (nSPS) is 11.8. The van der Waals surface area contributed by atoms with Crippen LogP contribution in [0.5, 0.6) is 5.75 Å². The Morgan fingerprint density at radius 1 is 0.939 bits per heavy atom. The van der Waals surface area contributed by atoms with Gasteiger partial charge >= 0.3 is 12.1 Å². The molecule has 2 aromatic carbocycles. The van der Waals surface area contributed by atoms with Crippen LogP contribution in [0.25, 0.3) is 0 Å². The van der Waals surface area contributed by atoms with E-state index >= 15 is 0 Å². The van der Waals surface area contributed by atoms with Crippen LogP contribution in [0.4, 0.5) is 4.79 Å². The van der Waals surface area contributed by atoms with E-state index < -0.39 is 29.6 Å². The van der Waals surface area contributed by atoms with Crippen LogP contribution in [0, 0.1) is 0 Å². The summed E-state index contributed by atoms with van der Waals surface area (Å²) in [6.07, 6.45) is -0.519. The monoisotopic (exact) mass is 456 g/mol. The fourth-order valence-electron chi connectivity index (χ4n) is 2.85. The van der Waals surface area contributed by atoms with Gasteiger partial charge in [0.05, 0.1) is 6.61 Å². The van der Waals surface area contributed by atoms with Crippen molar-refractivity contribution in [2.75, 3.05) is 13.2 Å². The SMILES string of the molecule is CCOC(=O)CNC(=O)[C@H](Cc1ccc(OCc2ccccc2)cc1)NC(=O)OC(C)(C)C. The van der Waals surface area contributed by atoms with E-state index in [2.05, 4.69) is 10.6 Å². The Bertz CT molecular complexity index is 907. The predicted molar refractivity (Wildman–Crippen MR) is 124 cm³/mol. The maximum absolute atomic E-state index is 12.7. The Hall–Kier alpha value is -3.55. The number of benzene rings is 2. The molecule has 0 spiro atoms. The number of nitrogens with one attached hydrogen (secondary N) is 2. The van der Waals surface area contributed by atoms with Crippen LogP contribution < -0.4 is 15.4 Å². The van der Waals surface area contributed by atoms with Crippen molar-refractivity contribution in [2.45, 2.75) is 52.4 Å². The Kier molecular flexibility index (Phi) is 9.72. The molecule has 2 aromatic rings. The Labute approximate surface area is 194 Å². The third kappa shape index (κ3) is 10.1. The highest BCUT2D eigenvalue weighted by atomic mass is 16.6. The van der Waals surface area contributed by atoms with Crippen molar-refractivity contribution in [1.82, 2.24) is 10.6 Å². The Balaban J connectivity index is 2.01. The first-order valence-electron chi connectivity index (χ1n) is 10.8. The Morgan fingerprint density at radius 2 is 1.61 bits per heavy atom. The lowest BCUT2D eigenvalue weighted by Gasteiger charge is -2.23. The number of esters is 1. The van der Waals surface area contributed by atoms with E-state index in [9.17, 15) is 14.4 Å². The fraction of sp³-hybridized carbons (Fsp3) is 0.400. The average Bonchev–Trinajstić information content (AvgIpc) is 2.76. The first-order chi connectivity index (χ1) is 15.7. The first-order valence-corrected chi connectivity index (χ1v) is 10.8. The van der Waals surface area contributed by atoms with Crippen LogP contribution >= 0.6 is 0 Å². The van der Waals surface area contributed by atoms with Gasteiger partial charge in [0.15, 0.2) is 0 Å². The van der Waals surface area contributed by atoms with E-state index in [4.69, 9.17) is 14.2 Å². The molecular formula is C25H32N2O6. The number of alkyl carbamates (subject to hydrolysis) is 1. The standard InChI is InChI=1S/C25H32N2O6/c1-5-31-22(28)16-26-23(29)21(27-24(30)33-25(2,3)4)15-18-11-13-20(14-12-18)32-17-19-9-7-6-8-10-19/h6-14,21H,5,15-17H2,1-4H3,(H,26,29)(H,27,30)/t21-/m0/s1. The van der Waals surface area contributed by atoms with Gasteiger partial charge in [-0.05, 0) is 51.0 Å². The molecule has 178 valence electrons. The van der Waals surface area contributed by atoms with Gasteiger partial charge in [0.25, 0.3) is 0 Å². The second-order valence-corrected chi connectivity index (χ2v) is 8.34. The van der Waals surface area contributed by atoms with Crippen LogP contribution in [0.3, 0.4) is 0 Å². The molecule has 33 heavy (non-hydrogen) atoms. The summed E-state index contributed by atoms with van der Waals surface area (Å²) in [5.74, 6) is -0.383. The van der Waals surface area contributed by atoms with Crippen LogP contribution in [0.1, 0.15) is 38.8 Å². The quantitative estimate of drug-likeness (QED) is 0.532. The Morgan fingerprint density at radius 3 is 2.21 bits per heavy atom. The molecule has 2 N–H and O–H groups in total. The van der Waals surface area contributed by atoms with Crippen molar-refractivity contribution in [3.63, 3.8) is 0 Å². The van der Waals surface area contributed by atoms with Gasteiger partial charge in [-0.2, -0.15) is 0 Å². The lowest BCUT2D eigenvalue weighted by molar-refractivity contribution is -0.143. The summed E-state index contributed by atoms with van der Waals surface area (Å²) in [5.41, 5.74) is 1.14.